The van der Waals surface area contributed by atoms with Crippen molar-refractivity contribution in [2.45, 2.75) is 20.3 Å². The van der Waals surface area contributed by atoms with E-state index in [1.165, 1.54) is 11.1 Å². The zero-order valence-electron chi connectivity index (χ0n) is 11.1. The van der Waals surface area contributed by atoms with Crippen molar-refractivity contribution in [3.05, 3.63) is 29.3 Å². The molecule has 0 heterocycles. The Hall–Kier alpha value is -1.06. The van der Waals surface area contributed by atoms with Crippen LogP contribution in [0, 0.1) is 18.8 Å². The van der Waals surface area contributed by atoms with E-state index in [0.717, 1.165) is 12.2 Å². The van der Waals surface area contributed by atoms with Crippen molar-refractivity contribution in [2.75, 3.05) is 20.2 Å². The lowest BCUT2D eigenvalue weighted by molar-refractivity contribution is 0.360. The maximum atomic E-state index is 5.74. The maximum absolute atomic E-state index is 5.74. The molecular weight excluding hydrogens is 212 g/mol. The van der Waals surface area contributed by atoms with Crippen LogP contribution in [0.4, 0.5) is 0 Å². The van der Waals surface area contributed by atoms with Gasteiger partial charge in [-0.25, -0.2) is 0 Å². The van der Waals surface area contributed by atoms with Crippen molar-refractivity contribution in [2.24, 2.45) is 23.3 Å². The summed E-state index contributed by atoms with van der Waals surface area (Å²) in [6, 6.07) is 6.14. The van der Waals surface area contributed by atoms with Gasteiger partial charge in [-0.15, -0.1) is 0 Å². The molecule has 1 atom stereocenters. The van der Waals surface area contributed by atoms with Crippen LogP contribution in [-0.2, 0) is 6.42 Å². The van der Waals surface area contributed by atoms with Crippen molar-refractivity contribution in [1.82, 2.24) is 0 Å². The van der Waals surface area contributed by atoms with Crippen LogP contribution in [0.1, 0.15) is 18.1 Å². The second-order valence-corrected chi connectivity index (χ2v) is 4.67. The van der Waals surface area contributed by atoms with Gasteiger partial charge in [0.1, 0.15) is 5.75 Å². The van der Waals surface area contributed by atoms with E-state index in [0.29, 0.717) is 24.9 Å². The Morgan fingerprint density at radius 3 is 2.41 bits per heavy atom. The molecule has 1 rings (SSSR count). The molecule has 0 spiro atoms. The average molecular weight is 236 g/mol. The van der Waals surface area contributed by atoms with Crippen LogP contribution < -0.4 is 16.2 Å². The molecule has 0 aromatic heterocycles. The number of aryl methyl sites for hydroxylation is 1. The molecule has 0 saturated carbocycles. The monoisotopic (exact) mass is 236 g/mol. The summed E-state index contributed by atoms with van der Waals surface area (Å²) in [5.41, 5.74) is 14.0. The van der Waals surface area contributed by atoms with Gasteiger partial charge < -0.3 is 16.2 Å². The second-order valence-electron chi connectivity index (χ2n) is 4.67. The Morgan fingerprint density at radius 1 is 1.24 bits per heavy atom. The van der Waals surface area contributed by atoms with Gasteiger partial charge >= 0.3 is 0 Å². The van der Waals surface area contributed by atoms with Crippen molar-refractivity contribution in [3.8, 4) is 5.75 Å². The zero-order chi connectivity index (χ0) is 12.8. The summed E-state index contributed by atoms with van der Waals surface area (Å²) in [7, 11) is 1.71. The quantitative estimate of drug-likeness (QED) is 0.790. The third-order valence-electron chi connectivity index (χ3n) is 3.52. The average Bonchev–Trinajstić information content (AvgIpc) is 2.33. The number of hydrogen-bond acceptors (Lipinski definition) is 3. The first-order valence-corrected chi connectivity index (χ1v) is 6.16. The fraction of sp³-hybridized carbons (Fsp3) is 0.571. The molecule has 1 unspecified atom stereocenters. The summed E-state index contributed by atoms with van der Waals surface area (Å²) in [6.45, 7) is 5.61. The third-order valence-corrected chi connectivity index (χ3v) is 3.52. The first-order valence-electron chi connectivity index (χ1n) is 6.16. The van der Waals surface area contributed by atoms with Gasteiger partial charge in [-0.2, -0.15) is 0 Å². The van der Waals surface area contributed by atoms with Gasteiger partial charge in [-0.3, -0.25) is 0 Å². The minimum Gasteiger partial charge on any atom is -0.496 e. The van der Waals surface area contributed by atoms with E-state index in [4.69, 9.17) is 16.2 Å². The van der Waals surface area contributed by atoms with E-state index >= 15 is 0 Å². The molecule has 3 heteroatoms. The molecule has 0 bridgehead atoms. The Bertz CT molecular complexity index is 348. The van der Waals surface area contributed by atoms with E-state index in [-0.39, 0.29) is 0 Å². The van der Waals surface area contributed by atoms with Gasteiger partial charge in [0.25, 0.3) is 0 Å². The van der Waals surface area contributed by atoms with Crippen molar-refractivity contribution < 1.29 is 4.74 Å². The molecule has 0 aliphatic carbocycles. The highest BCUT2D eigenvalue weighted by Gasteiger charge is 2.17. The molecular formula is C14H24N2O. The number of methoxy groups -OCH3 is 1. The van der Waals surface area contributed by atoms with E-state index < -0.39 is 0 Å². The number of hydrogen-bond donors (Lipinski definition) is 2. The van der Waals surface area contributed by atoms with E-state index in [1.54, 1.807) is 7.11 Å². The van der Waals surface area contributed by atoms with E-state index in [2.05, 4.69) is 19.9 Å². The number of benzene rings is 1. The van der Waals surface area contributed by atoms with Gasteiger partial charge in [-0.05, 0) is 55.5 Å². The van der Waals surface area contributed by atoms with E-state index in [9.17, 15) is 0 Å². The van der Waals surface area contributed by atoms with Gasteiger partial charge in [-0.1, -0.05) is 19.1 Å². The zero-order valence-corrected chi connectivity index (χ0v) is 11.1. The molecule has 0 radical (unpaired) electrons. The summed E-state index contributed by atoms with van der Waals surface area (Å²) in [4.78, 5) is 0. The topological polar surface area (TPSA) is 61.3 Å². The first kappa shape index (κ1) is 14.0. The highest BCUT2D eigenvalue weighted by molar-refractivity contribution is 5.39. The molecule has 1 aromatic carbocycles. The molecule has 0 fully saturated rings. The minimum atomic E-state index is 0.374. The Kier molecular flexibility index (Phi) is 5.45. The van der Waals surface area contributed by atoms with Crippen molar-refractivity contribution in [3.63, 3.8) is 0 Å². The number of rotatable bonds is 6. The lowest BCUT2D eigenvalue weighted by Crippen LogP contribution is -2.30. The van der Waals surface area contributed by atoms with Crippen LogP contribution >= 0.6 is 0 Å². The summed E-state index contributed by atoms with van der Waals surface area (Å²) in [5, 5.41) is 0. The smallest absolute Gasteiger partial charge is 0.122 e. The summed E-state index contributed by atoms with van der Waals surface area (Å²) in [5.74, 6) is 1.81. The standard InChI is InChI=1S/C14H24N2O/c1-10-5-4-6-14(17-3)13(10)7-11(2)12(8-15)9-16/h4-6,11-12H,7-9,15-16H2,1-3H3. The molecule has 0 aliphatic heterocycles. The second kappa shape index (κ2) is 6.62. The number of ether oxygens (including phenoxy) is 1. The molecule has 0 amide bonds. The first-order chi connectivity index (χ1) is 8.13. The van der Waals surface area contributed by atoms with Crippen LogP contribution in [0.25, 0.3) is 0 Å². The SMILES string of the molecule is COc1cccc(C)c1CC(C)C(CN)CN. The van der Waals surface area contributed by atoms with Gasteiger partial charge in [0.15, 0.2) is 0 Å². The summed E-state index contributed by atoms with van der Waals surface area (Å²) in [6.07, 6.45) is 0.967. The molecule has 4 N–H and O–H groups in total. The minimum absolute atomic E-state index is 0.374. The Labute approximate surface area is 104 Å². The van der Waals surface area contributed by atoms with Gasteiger partial charge in [0.05, 0.1) is 7.11 Å². The van der Waals surface area contributed by atoms with Crippen molar-refractivity contribution >= 4 is 0 Å². The maximum Gasteiger partial charge on any atom is 0.122 e. The highest BCUT2D eigenvalue weighted by Crippen LogP contribution is 2.26. The predicted octanol–water partition coefficient (Wildman–Crippen LogP) is 1.72. The van der Waals surface area contributed by atoms with Crippen LogP contribution in [-0.4, -0.2) is 20.2 Å². The Balaban J connectivity index is 2.86. The lowest BCUT2D eigenvalue weighted by Gasteiger charge is -2.22. The molecule has 96 valence electrons. The Morgan fingerprint density at radius 2 is 1.88 bits per heavy atom. The normalized spacial score (nSPS) is 12.8. The van der Waals surface area contributed by atoms with Crippen LogP contribution in [0.2, 0.25) is 0 Å². The fourth-order valence-corrected chi connectivity index (χ4v) is 2.18. The molecule has 0 aliphatic rings. The number of nitrogens with two attached hydrogens (primary N) is 2. The fourth-order valence-electron chi connectivity index (χ4n) is 2.18. The lowest BCUT2D eigenvalue weighted by atomic mass is 9.87. The molecule has 1 aromatic rings. The largest absolute Gasteiger partial charge is 0.496 e. The van der Waals surface area contributed by atoms with Gasteiger partial charge in [0.2, 0.25) is 0 Å². The van der Waals surface area contributed by atoms with Crippen LogP contribution in [0.5, 0.6) is 5.75 Å². The van der Waals surface area contributed by atoms with Crippen LogP contribution in [0.3, 0.4) is 0 Å². The van der Waals surface area contributed by atoms with Gasteiger partial charge in [0, 0.05) is 0 Å². The summed E-state index contributed by atoms with van der Waals surface area (Å²) >= 11 is 0. The molecule has 3 nitrogen and oxygen atoms in total. The molecule has 17 heavy (non-hydrogen) atoms. The predicted molar refractivity (Wildman–Crippen MR) is 72.2 cm³/mol. The highest BCUT2D eigenvalue weighted by atomic mass is 16.5. The summed E-state index contributed by atoms with van der Waals surface area (Å²) < 4.78 is 5.41. The molecule has 0 saturated heterocycles. The van der Waals surface area contributed by atoms with Crippen LogP contribution in [0.15, 0.2) is 18.2 Å². The third kappa shape index (κ3) is 3.45. The van der Waals surface area contributed by atoms with Crippen molar-refractivity contribution in [1.29, 1.82) is 0 Å². The van der Waals surface area contributed by atoms with E-state index in [1.807, 2.05) is 12.1 Å².